The van der Waals surface area contributed by atoms with Gasteiger partial charge in [0.1, 0.15) is 17.9 Å². The van der Waals surface area contributed by atoms with Crippen LogP contribution in [0.5, 0.6) is 0 Å². The van der Waals surface area contributed by atoms with Crippen LogP contribution in [0.3, 0.4) is 0 Å². The molecular formula is C13H13FN2O2. The van der Waals surface area contributed by atoms with E-state index in [-0.39, 0.29) is 5.56 Å². The molecule has 1 heterocycles. The first-order valence-electron chi connectivity index (χ1n) is 5.82. The van der Waals surface area contributed by atoms with Crippen LogP contribution < -0.4 is 4.90 Å². The fourth-order valence-electron chi connectivity index (χ4n) is 2.32. The number of nitrogens with zero attached hydrogens (tertiary/aromatic N) is 2. The third-order valence-corrected chi connectivity index (χ3v) is 3.18. The molecule has 18 heavy (non-hydrogen) atoms. The number of anilines is 1. The number of rotatable bonds is 2. The van der Waals surface area contributed by atoms with Gasteiger partial charge in [0.15, 0.2) is 0 Å². The summed E-state index contributed by atoms with van der Waals surface area (Å²) in [6.07, 6.45) is 2.29. The lowest BCUT2D eigenvalue weighted by Crippen LogP contribution is -2.45. The third kappa shape index (κ3) is 2.28. The zero-order valence-electron chi connectivity index (χ0n) is 9.77. The normalized spacial score (nSPS) is 19.3. The van der Waals surface area contributed by atoms with Crippen molar-refractivity contribution in [2.45, 2.75) is 25.3 Å². The fourth-order valence-corrected chi connectivity index (χ4v) is 2.32. The first kappa shape index (κ1) is 12.4. The quantitative estimate of drug-likeness (QED) is 0.870. The van der Waals surface area contributed by atoms with E-state index < -0.39 is 17.8 Å². The summed E-state index contributed by atoms with van der Waals surface area (Å²) in [6, 6.07) is 5.17. The molecule has 4 nitrogen and oxygen atoms in total. The average molecular weight is 248 g/mol. The molecule has 1 unspecified atom stereocenters. The number of hydrogen-bond donors (Lipinski definition) is 1. The predicted molar refractivity (Wildman–Crippen MR) is 63.7 cm³/mol. The Bertz CT molecular complexity index is 510. The minimum atomic E-state index is -0.900. The minimum Gasteiger partial charge on any atom is -0.480 e. The largest absolute Gasteiger partial charge is 0.480 e. The maximum Gasteiger partial charge on any atom is 0.326 e. The number of carboxylic acids is 1. The van der Waals surface area contributed by atoms with Crippen LogP contribution in [-0.4, -0.2) is 23.7 Å². The molecular weight excluding hydrogens is 235 g/mol. The molecule has 1 aliphatic heterocycles. The summed E-state index contributed by atoms with van der Waals surface area (Å²) in [5.41, 5.74) is 0.689. The van der Waals surface area contributed by atoms with Crippen molar-refractivity contribution in [1.82, 2.24) is 0 Å². The van der Waals surface area contributed by atoms with Gasteiger partial charge in [0.25, 0.3) is 0 Å². The van der Waals surface area contributed by atoms with Gasteiger partial charge in [0.2, 0.25) is 0 Å². The standard InChI is InChI=1S/C13H13FN2O2/c14-10-4-5-11(9(7-10)8-15)16-6-2-1-3-12(16)13(17)18/h4-5,7,12H,1-3,6H2,(H,17,18). The number of benzene rings is 1. The van der Waals surface area contributed by atoms with Crippen LogP contribution in [0.15, 0.2) is 18.2 Å². The summed E-state index contributed by atoms with van der Waals surface area (Å²) >= 11 is 0. The van der Waals surface area contributed by atoms with Crippen LogP contribution in [-0.2, 0) is 4.79 Å². The molecule has 5 heteroatoms. The minimum absolute atomic E-state index is 0.183. The number of carboxylic acid groups (broad SMARTS) is 1. The van der Waals surface area contributed by atoms with Gasteiger partial charge in [-0.15, -0.1) is 0 Å². The summed E-state index contributed by atoms with van der Waals surface area (Å²) in [4.78, 5) is 12.9. The van der Waals surface area contributed by atoms with E-state index in [1.165, 1.54) is 12.1 Å². The van der Waals surface area contributed by atoms with Gasteiger partial charge >= 0.3 is 5.97 Å². The zero-order chi connectivity index (χ0) is 13.1. The molecule has 0 aliphatic carbocycles. The topological polar surface area (TPSA) is 64.3 Å². The van der Waals surface area contributed by atoms with Crippen LogP contribution in [0.25, 0.3) is 0 Å². The van der Waals surface area contributed by atoms with Crippen molar-refractivity contribution in [2.75, 3.05) is 11.4 Å². The van der Waals surface area contributed by atoms with E-state index in [1.54, 1.807) is 4.90 Å². The number of nitriles is 1. The van der Waals surface area contributed by atoms with Gasteiger partial charge in [0.05, 0.1) is 11.3 Å². The van der Waals surface area contributed by atoms with Crippen molar-refractivity contribution in [1.29, 1.82) is 5.26 Å². The van der Waals surface area contributed by atoms with E-state index in [2.05, 4.69) is 0 Å². The van der Waals surface area contributed by atoms with E-state index in [9.17, 15) is 14.3 Å². The van der Waals surface area contributed by atoms with Crippen LogP contribution in [0.2, 0.25) is 0 Å². The van der Waals surface area contributed by atoms with Crippen molar-refractivity contribution < 1.29 is 14.3 Å². The highest BCUT2D eigenvalue weighted by Gasteiger charge is 2.29. The second-order valence-corrected chi connectivity index (χ2v) is 4.32. The van der Waals surface area contributed by atoms with Crippen LogP contribution in [0.4, 0.5) is 10.1 Å². The van der Waals surface area contributed by atoms with E-state index in [1.807, 2.05) is 6.07 Å². The number of piperidine rings is 1. The van der Waals surface area contributed by atoms with Crippen molar-refractivity contribution in [3.63, 3.8) is 0 Å². The molecule has 0 radical (unpaired) electrons. The van der Waals surface area contributed by atoms with E-state index >= 15 is 0 Å². The molecule has 1 atom stereocenters. The Hall–Kier alpha value is -2.09. The molecule has 0 saturated carbocycles. The van der Waals surface area contributed by atoms with Gasteiger partial charge in [-0.3, -0.25) is 0 Å². The summed E-state index contributed by atoms with van der Waals surface area (Å²) < 4.78 is 13.1. The highest BCUT2D eigenvalue weighted by molar-refractivity contribution is 5.79. The molecule has 94 valence electrons. The smallest absolute Gasteiger partial charge is 0.326 e. The maximum atomic E-state index is 13.1. The van der Waals surface area contributed by atoms with Gasteiger partial charge in [-0.2, -0.15) is 5.26 Å². The Balaban J connectivity index is 2.40. The summed E-state index contributed by atoms with van der Waals surface area (Å²) in [5.74, 6) is -1.39. The SMILES string of the molecule is N#Cc1cc(F)ccc1N1CCCCC1C(=O)O. The first-order chi connectivity index (χ1) is 8.63. The van der Waals surface area contributed by atoms with Crippen LogP contribution in [0.1, 0.15) is 24.8 Å². The molecule has 1 fully saturated rings. The van der Waals surface area contributed by atoms with Crippen molar-refractivity contribution in [3.05, 3.63) is 29.6 Å². The van der Waals surface area contributed by atoms with Crippen molar-refractivity contribution >= 4 is 11.7 Å². The van der Waals surface area contributed by atoms with E-state index in [0.29, 0.717) is 18.7 Å². The van der Waals surface area contributed by atoms with Crippen LogP contribution in [0, 0.1) is 17.1 Å². The Morgan fingerprint density at radius 1 is 1.50 bits per heavy atom. The van der Waals surface area contributed by atoms with Gasteiger partial charge in [-0.25, -0.2) is 9.18 Å². The second-order valence-electron chi connectivity index (χ2n) is 4.32. The van der Waals surface area contributed by atoms with Gasteiger partial charge < -0.3 is 10.0 Å². The predicted octanol–water partition coefficient (Wildman–Crippen LogP) is 2.14. The Morgan fingerprint density at radius 3 is 2.94 bits per heavy atom. The summed E-state index contributed by atoms with van der Waals surface area (Å²) in [6.45, 7) is 0.581. The van der Waals surface area contributed by atoms with Gasteiger partial charge in [-0.05, 0) is 37.5 Å². The molecule has 1 aromatic rings. The Morgan fingerprint density at radius 2 is 2.28 bits per heavy atom. The van der Waals surface area contributed by atoms with Gasteiger partial charge in [-0.1, -0.05) is 0 Å². The average Bonchev–Trinajstić information content (AvgIpc) is 2.38. The van der Waals surface area contributed by atoms with E-state index in [4.69, 9.17) is 5.26 Å². The lowest BCUT2D eigenvalue weighted by molar-refractivity contribution is -0.139. The molecule has 0 bridgehead atoms. The summed E-state index contributed by atoms with van der Waals surface area (Å²) in [7, 11) is 0. The molecule has 0 aromatic heterocycles. The molecule has 1 aromatic carbocycles. The Kier molecular flexibility index (Phi) is 3.47. The zero-order valence-corrected chi connectivity index (χ0v) is 9.77. The second kappa shape index (κ2) is 5.05. The third-order valence-electron chi connectivity index (χ3n) is 3.18. The number of hydrogen-bond acceptors (Lipinski definition) is 3. The molecule has 0 spiro atoms. The van der Waals surface area contributed by atoms with Crippen molar-refractivity contribution in [2.24, 2.45) is 0 Å². The number of halogens is 1. The Labute approximate surface area is 104 Å². The first-order valence-corrected chi connectivity index (χ1v) is 5.82. The van der Waals surface area contributed by atoms with Gasteiger partial charge in [0, 0.05) is 6.54 Å². The molecule has 1 N–H and O–H groups in total. The van der Waals surface area contributed by atoms with E-state index in [0.717, 1.165) is 18.9 Å². The molecule has 1 aliphatic rings. The van der Waals surface area contributed by atoms with Crippen LogP contribution >= 0.6 is 0 Å². The van der Waals surface area contributed by atoms with Crippen molar-refractivity contribution in [3.8, 4) is 6.07 Å². The molecule has 1 saturated heterocycles. The highest BCUT2D eigenvalue weighted by atomic mass is 19.1. The lowest BCUT2D eigenvalue weighted by atomic mass is 10.00. The number of aliphatic carboxylic acids is 1. The summed E-state index contributed by atoms with van der Waals surface area (Å²) in [5, 5.41) is 18.2. The lowest BCUT2D eigenvalue weighted by Gasteiger charge is -2.35. The monoisotopic (exact) mass is 248 g/mol. The fraction of sp³-hybridized carbons (Fsp3) is 0.385. The maximum absolute atomic E-state index is 13.1. The number of carbonyl (C=O) groups is 1. The highest BCUT2D eigenvalue weighted by Crippen LogP contribution is 2.28. The molecule has 2 rings (SSSR count). The molecule has 0 amide bonds.